The zero-order chi connectivity index (χ0) is 20.7. The summed E-state index contributed by atoms with van der Waals surface area (Å²) < 4.78 is 3.63. The van der Waals surface area contributed by atoms with E-state index in [0.29, 0.717) is 37.5 Å². The molecule has 5 rings (SSSR count). The Morgan fingerprint density at radius 2 is 1.87 bits per heavy atom. The molecule has 30 heavy (non-hydrogen) atoms. The Morgan fingerprint density at radius 1 is 1.03 bits per heavy atom. The molecule has 0 saturated carbocycles. The van der Waals surface area contributed by atoms with Crippen LogP contribution in [0.5, 0.6) is 0 Å². The molecule has 0 fully saturated rings. The van der Waals surface area contributed by atoms with E-state index < -0.39 is 0 Å². The van der Waals surface area contributed by atoms with Gasteiger partial charge < -0.3 is 0 Å². The van der Waals surface area contributed by atoms with Gasteiger partial charge in [-0.2, -0.15) is 0 Å². The molecule has 4 aromatic heterocycles. The molecule has 1 aromatic carbocycles. The first-order chi connectivity index (χ1) is 14.6. The molecule has 0 bridgehead atoms. The Hall–Kier alpha value is -2.94. The fourth-order valence-electron chi connectivity index (χ4n) is 3.13. The number of nitrogens with zero attached hydrogens (tertiary/aromatic N) is 4. The van der Waals surface area contributed by atoms with Crippen LogP contribution in [-0.2, 0) is 5.75 Å². The molecule has 5 aromatic rings. The number of thioether (sulfide) groups is 1. The molecule has 0 atom stereocenters. The monoisotopic (exact) mass is 452 g/mol. The first-order valence-electron chi connectivity index (χ1n) is 8.96. The topological polar surface area (TPSA) is 69.3 Å². The van der Waals surface area contributed by atoms with Crippen molar-refractivity contribution in [3.63, 3.8) is 0 Å². The van der Waals surface area contributed by atoms with Crippen molar-refractivity contribution < 1.29 is 0 Å². The first kappa shape index (κ1) is 19.0. The Kier molecular flexibility index (Phi) is 4.90. The highest BCUT2D eigenvalue weighted by molar-refractivity contribution is 7.98. The highest BCUT2D eigenvalue weighted by atomic mass is 35.5. The van der Waals surface area contributed by atoms with Crippen LogP contribution in [-0.4, -0.2) is 18.9 Å². The highest BCUT2D eigenvalue weighted by Crippen LogP contribution is 2.25. The molecular formula is C21H13ClN4O2S2. The summed E-state index contributed by atoms with van der Waals surface area (Å²) in [7, 11) is 0. The van der Waals surface area contributed by atoms with Gasteiger partial charge in [-0.3, -0.25) is 18.6 Å². The zero-order valence-electron chi connectivity index (χ0n) is 15.4. The maximum Gasteiger partial charge on any atom is 0.276 e. The predicted octanol–water partition coefficient (Wildman–Crippen LogP) is 4.40. The summed E-state index contributed by atoms with van der Waals surface area (Å²) in [5.74, 6) is 0.392. The quantitative estimate of drug-likeness (QED) is 0.298. The molecule has 0 amide bonds. The second kappa shape index (κ2) is 7.71. The van der Waals surface area contributed by atoms with Crippen LogP contribution in [0.15, 0.2) is 80.9 Å². The molecule has 0 saturated heterocycles. The smallest absolute Gasteiger partial charge is 0.269 e. The third kappa shape index (κ3) is 3.43. The number of para-hydroxylation sites is 1. The molecule has 0 unspecified atom stereocenters. The van der Waals surface area contributed by atoms with Gasteiger partial charge >= 0.3 is 0 Å². The molecule has 0 radical (unpaired) electrons. The van der Waals surface area contributed by atoms with E-state index in [9.17, 15) is 9.59 Å². The third-order valence-corrected chi connectivity index (χ3v) is 6.58. The standard InChI is InChI=1S/C21H13ClN4O2S2/c22-13-6-7-17-23-14(10-18(27)25(17)11-13)12-30-21-24-16-8-9-29-19(16)20(28)26(21)15-4-2-1-3-5-15/h1-11H,12H2. The number of thiophene rings is 1. The lowest BCUT2D eigenvalue weighted by Crippen LogP contribution is -2.21. The number of hydrogen-bond donors (Lipinski definition) is 0. The number of aromatic nitrogens is 4. The van der Waals surface area contributed by atoms with Crippen molar-refractivity contribution >= 4 is 50.6 Å². The van der Waals surface area contributed by atoms with E-state index in [-0.39, 0.29) is 11.1 Å². The summed E-state index contributed by atoms with van der Waals surface area (Å²) in [6.45, 7) is 0. The summed E-state index contributed by atoms with van der Waals surface area (Å²) in [5.41, 5.74) is 2.22. The average molecular weight is 453 g/mol. The van der Waals surface area contributed by atoms with Crippen LogP contribution in [0.1, 0.15) is 5.69 Å². The van der Waals surface area contributed by atoms with Gasteiger partial charge in [-0.05, 0) is 35.7 Å². The van der Waals surface area contributed by atoms with E-state index in [4.69, 9.17) is 16.6 Å². The molecule has 148 valence electrons. The second-order valence-corrected chi connectivity index (χ2v) is 8.75. The second-order valence-electron chi connectivity index (χ2n) is 6.46. The van der Waals surface area contributed by atoms with E-state index in [0.717, 1.165) is 5.69 Å². The zero-order valence-corrected chi connectivity index (χ0v) is 17.7. The van der Waals surface area contributed by atoms with Gasteiger partial charge in [-0.1, -0.05) is 41.6 Å². The van der Waals surface area contributed by atoms with Crippen molar-refractivity contribution in [2.24, 2.45) is 0 Å². The first-order valence-corrected chi connectivity index (χ1v) is 11.2. The lowest BCUT2D eigenvalue weighted by molar-refractivity contribution is 0.821. The maximum absolute atomic E-state index is 13.1. The number of benzene rings is 1. The van der Waals surface area contributed by atoms with Gasteiger partial charge in [0.25, 0.3) is 11.1 Å². The van der Waals surface area contributed by atoms with Gasteiger partial charge in [-0.15, -0.1) is 11.3 Å². The van der Waals surface area contributed by atoms with E-state index in [1.165, 1.54) is 33.6 Å². The Labute approximate surface area is 183 Å². The number of rotatable bonds is 4. The van der Waals surface area contributed by atoms with Crippen molar-refractivity contribution in [3.8, 4) is 5.69 Å². The van der Waals surface area contributed by atoms with Gasteiger partial charge in [0.05, 0.1) is 21.9 Å². The van der Waals surface area contributed by atoms with Gasteiger partial charge in [0.15, 0.2) is 5.16 Å². The van der Waals surface area contributed by atoms with Crippen LogP contribution >= 0.6 is 34.7 Å². The Morgan fingerprint density at radius 3 is 2.70 bits per heavy atom. The van der Waals surface area contributed by atoms with E-state index in [2.05, 4.69) is 4.98 Å². The molecule has 0 aliphatic rings. The van der Waals surface area contributed by atoms with E-state index in [1.54, 1.807) is 22.9 Å². The molecule has 0 spiro atoms. The molecule has 9 heteroatoms. The molecule has 6 nitrogen and oxygen atoms in total. The highest BCUT2D eigenvalue weighted by Gasteiger charge is 2.15. The van der Waals surface area contributed by atoms with Crippen LogP contribution in [0.2, 0.25) is 5.02 Å². The summed E-state index contributed by atoms with van der Waals surface area (Å²) >= 11 is 8.71. The van der Waals surface area contributed by atoms with Gasteiger partial charge in [0, 0.05) is 18.0 Å². The summed E-state index contributed by atoms with van der Waals surface area (Å²) in [6, 6.07) is 16.1. The number of pyridine rings is 1. The summed E-state index contributed by atoms with van der Waals surface area (Å²) in [4.78, 5) is 34.8. The molecule has 0 aliphatic heterocycles. The SMILES string of the molecule is O=c1c2sccc2nc(SCc2cc(=O)n3cc(Cl)ccc3n2)n1-c1ccccc1. The Bertz CT molecular complexity index is 1510. The van der Waals surface area contributed by atoms with Gasteiger partial charge in [0.1, 0.15) is 10.3 Å². The number of fused-ring (bicyclic) bond motifs is 2. The third-order valence-electron chi connectivity index (χ3n) is 4.49. The normalized spacial score (nSPS) is 11.4. The van der Waals surface area contributed by atoms with Gasteiger partial charge in [-0.25, -0.2) is 9.97 Å². The minimum Gasteiger partial charge on any atom is -0.269 e. The van der Waals surface area contributed by atoms with Crippen molar-refractivity contribution in [1.29, 1.82) is 0 Å². The molecule has 0 N–H and O–H groups in total. The van der Waals surface area contributed by atoms with Crippen molar-refractivity contribution in [3.05, 3.63) is 97.6 Å². The summed E-state index contributed by atoms with van der Waals surface area (Å²) in [6.07, 6.45) is 1.54. The van der Waals surface area contributed by atoms with Crippen LogP contribution in [0.4, 0.5) is 0 Å². The van der Waals surface area contributed by atoms with E-state index >= 15 is 0 Å². The van der Waals surface area contributed by atoms with Crippen LogP contribution in [0.3, 0.4) is 0 Å². The molecule has 0 aliphatic carbocycles. The van der Waals surface area contributed by atoms with Crippen LogP contribution < -0.4 is 11.1 Å². The fourth-order valence-corrected chi connectivity index (χ4v) is 4.96. The van der Waals surface area contributed by atoms with Crippen molar-refractivity contribution in [1.82, 2.24) is 18.9 Å². The maximum atomic E-state index is 13.1. The average Bonchev–Trinajstić information content (AvgIpc) is 3.22. The van der Waals surface area contributed by atoms with Crippen LogP contribution in [0.25, 0.3) is 21.6 Å². The minimum atomic E-state index is -0.209. The summed E-state index contributed by atoms with van der Waals surface area (Å²) in [5, 5.41) is 2.88. The lowest BCUT2D eigenvalue weighted by Gasteiger charge is -2.12. The predicted molar refractivity (Wildman–Crippen MR) is 121 cm³/mol. The minimum absolute atomic E-state index is 0.107. The van der Waals surface area contributed by atoms with Gasteiger partial charge in [0.2, 0.25) is 0 Å². The molecule has 4 heterocycles. The van der Waals surface area contributed by atoms with Crippen LogP contribution in [0, 0.1) is 0 Å². The Balaban J connectivity index is 1.57. The number of halogens is 1. The fraction of sp³-hybridized carbons (Fsp3) is 0.0476. The lowest BCUT2D eigenvalue weighted by atomic mass is 10.3. The van der Waals surface area contributed by atoms with Crippen molar-refractivity contribution in [2.75, 3.05) is 0 Å². The molecular weight excluding hydrogens is 440 g/mol. The number of hydrogen-bond acceptors (Lipinski definition) is 6. The van der Waals surface area contributed by atoms with E-state index in [1.807, 2.05) is 41.8 Å². The largest absolute Gasteiger partial charge is 0.276 e. The van der Waals surface area contributed by atoms with Crippen molar-refractivity contribution in [2.45, 2.75) is 10.9 Å².